The molecule has 0 fully saturated rings. The van der Waals surface area contributed by atoms with Crippen molar-refractivity contribution in [3.05, 3.63) is 52.3 Å². The van der Waals surface area contributed by atoms with Gasteiger partial charge in [0.25, 0.3) is 11.6 Å². The molecule has 2 N–H and O–H groups in total. The number of benzene rings is 1. The second-order valence-corrected chi connectivity index (χ2v) is 5.35. The molecule has 2 rings (SSSR count). The largest absolute Gasteiger partial charge is 0.481 e. The van der Waals surface area contributed by atoms with Gasteiger partial charge in [-0.1, -0.05) is 18.6 Å². The lowest BCUT2D eigenvalue weighted by molar-refractivity contribution is -0.384. The molecule has 0 saturated heterocycles. The first kappa shape index (κ1) is 18.1. The number of nitro benzene ring substituents is 1. The molecule has 9 nitrogen and oxygen atoms in total. The topological polar surface area (TPSA) is 127 Å². The Hall–Kier alpha value is -3.23. The Morgan fingerprint density at radius 2 is 1.96 bits per heavy atom. The minimum absolute atomic E-state index is 0.101. The van der Waals surface area contributed by atoms with Gasteiger partial charge >= 0.3 is 5.97 Å². The lowest BCUT2D eigenvalue weighted by Crippen LogP contribution is -2.25. The van der Waals surface area contributed by atoms with E-state index in [4.69, 9.17) is 5.11 Å². The molecule has 0 aliphatic carbocycles. The summed E-state index contributed by atoms with van der Waals surface area (Å²) in [5.41, 5.74) is 0.333. The van der Waals surface area contributed by atoms with Gasteiger partial charge in [-0.3, -0.25) is 19.7 Å². The number of rotatable bonds is 9. The van der Waals surface area contributed by atoms with Gasteiger partial charge in [-0.2, -0.15) is 5.10 Å². The van der Waals surface area contributed by atoms with Crippen LogP contribution in [0, 0.1) is 10.1 Å². The number of unbranched alkanes of at least 4 members (excludes halogenated alkanes) is 2. The van der Waals surface area contributed by atoms with E-state index in [9.17, 15) is 19.7 Å². The van der Waals surface area contributed by atoms with Crippen molar-refractivity contribution >= 4 is 17.6 Å². The van der Waals surface area contributed by atoms with Crippen LogP contribution >= 0.6 is 0 Å². The zero-order valence-corrected chi connectivity index (χ0v) is 13.4. The zero-order valence-electron chi connectivity index (χ0n) is 13.4. The fourth-order valence-electron chi connectivity index (χ4n) is 2.26. The Kier molecular flexibility index (Phi) is 6.21. The maximum Gasteiger partial charge on any atom is 0.303 e. The van der Waals surface area contributed by atoms with Crippen LogP contribution in [0.1, 0.15) is 36.2 Å². The van der Waals surface area contributed by atoms with E-state index in [1.54, 1.807) is 18.2 Å². The summed E-state index contributed by atoms with van der Waals surface area (Å²) >= 11 is 0. The smallest absolute Gasteiger partial charge is 0.303 e. The van der Waals surface area contributed by atoms with Gasteiger partial charge in [-0.25, -0.2) is 4.68 Å². The predicted molar refractivity (Wildman–Crippen MR) is 88.7 cm³/mol. The second kappa shape index (κ2) is 8.57. The molecular weight excluding hydrogens is 328 g/mol. The summed E-state index contributed by atoms with van der Waals surface area (Å²) in [7, 11) is 0. The van der Waals surface area contributed by atoms with Crippen LogP contribution in [-0.2, 0) is 4.79 Å². The van der Waals surface area contributed by atoms with Crippen molar-refractivity contribution in [2.45, 2.75) is 25.7 Å². The summed E-state index contributed by atoms with van der Waals surface area (Å²) in [6.45, 7) is 0.413. The fourth-order valence-corrected chi connectivity index (χ4v) is 2.26. The van der Waals surface area contributed by atoms with E-state index >= 15 is 0 Å². The molecule has 132 valence electrons. The monoisotopic (exact) mass is 346 g/mol. The van der Waals surface area contributed by atoms with Crippen LogP contribution in [0.3, 0.4) is 0 Å². The maximum absolute atomic E-state index is 12.0. The number of carbonyl (C=O) groups is 2. The summed E-state index contributed by atoms with van der Waals surface area (Å²) < 4.78 is 1.29. The normalized spacial score (nSPS) is 10.4. The van der Waals surface area contributed by atoms with E-state index < -0.39 is 10.9 Å². The molecule has 0 atom stereocenters. The van der Waals surface area contributed by atoms with Crippen LogP contribution in [0.15, 0.2) is 36.5 Å². The van der Waals surface area contributed by atoms with Crippen molar-refractivity contribution < 1.29 is 19.6 Å². The van der Waals surface area contributed by atoms with Crippen molar-refractivity contribution in [1.29, 1.82) is 0 Å². The summed E-state index contributed by atoms with van der Waals surface area (Å²) in [5.74, 6) is -1.21. The number of aromatic nitrogens is 2. The Balaban J connectivity index is 1.92. The van der Waals surface area contributed by atoms with E-state index in [0.717, 1.165) is 0 Å². The summed E-state index contributed by atoms with van der Waals surface area (Å²) in [6.07, 6.45) is 3.55. The van der Waals surface area contributed by atoms with Gasteiger partial charge in [-0.15, -0.1) is 0 Å². The first-order valence-corrected chi connectivity index (χ1v) is 7.78. The number of carbonyl (C=O) groups excluding carboxylic acids is 1. The third-order valence-corrected chi connectivity index (χ3v) is 3.50. The predicted octanol–water partition coefficient (Wildman–Crippen LogP) is 2.16. The molecule has 1 aromatic carbocycles. The summed E-state index contributed by atoms with van der Waals surface area (Å²) in [5, 5.41) is 26.4. The highest BCUT2D eigenvalue weighted by atomic mass is 16.6. The van der Waals surface area contributed by atoms with Gasteiger partial charge in [0.2, 0.25) is 0 Å². The first-order valence-electron chi connectivity index (χ1n) is 7.78. The number of amides is 1. The van der Waals surface area contributed by atoms with Crippen molar-refractivity contribution in [3.8, 4) is 5.69 Å². The van der Waals surface area contributed by atoms with Crippen molar-refractivity contribution in [1.82, 2.24) is 15.1 Å². The van der Waals surface area contributed by atoms with E-state index in [-0.39, 0.29) is 29.4 Å². The Bertz CT molecular complexity index is 771. The number of nitrogens with one attached hydrogen (secondary N) is 1. The molecule has 9 heteroatoms. The average Bonchev–Trinajstić information content (AvgIpc) is 3.07. The van der Waals surface area contributed by atoms with Crippen molar-refractivity contribution in [2.75, 3.05) is 6.54 Å². The van der Waals surface area contributed by atoms with E-state index in [2.05, 4.69) is 10.4 Å². The molecule has 0 spiro atoms. The van der Waals surface area contributed by atoms with Crippen LogP contribution in [0.4, 0.5) is 5.69 Å². The number of hydrogen-bond donors (Lipinski definition) is 2. The lowest BCUT2D eigenvalue weighted by Gasteiger charge is -2.04. The van der Waals surface area contributed by atoms with E-state index in [0.29, 0.717) is 25.8 Å². The van der Waals surface area contributed by atoms with Gasteiger partial charge in [0.1, 0.15) is 5.69 Å². The number of nitro groups is 1. The third-order valence-electron chi connectivity index (χ3n) is 3.50. The number of para-hydroxylation sites is 2. The second-order valence-electron chi connectivity index (χ2n) is 5.35. The van der Waals surface area contributed by atoms with Gasteiger partial charge in [0.15, 0.2) is 5.69 Å². The molecule has 0 radical (unpaired) electrons. The highest BCUT2D eigenvalue weighted by Gasteiger charge is 2.16. The minimum Gasteiger partial charge on any atom is -0.481 e. The summed E-state index contributed by atoms with van der Waals surface area (Å²) in [6, 6.07) is 7.61. The molecule has 0 aliphatic heterocycles. The van der Waals surface area contributed by atoms with Gasteiger partial charge < -0.3 is 10.4 Å². The molecule has 2 aromatic rings. The summed E-state index contributed by atoms with van der Waals surface area (Å²) in [4.78, 5) is 33.0. The molecule has 1 amide bonds. The van der Waals surface area contributed by atoms with Crippen LogP contribution in [-0.4, -0.2) is 38.2 Å². The van der Waals surface area contributed by atoms with Crippen LogP contribution in [0.2, 0.25) is 0 Å². The number of hydrogen-bond acceptors (Lipinski definition) is 5. The third kappa shape index (κ3) is 5.13. The molecule has 0 unspecified atom stereocenters. The minimum atomic E-state index is -0.829. The van der Waals surface area contributed by atoms with Crippen LogP contribution in [0.5, 0.6) is 0 Å². The van der Waals surface area contributed by atoms with Gasteiger partial charge in [-0.05, 0) is 25.0 Å². The average molecular weight is 346 g/mol. The van der Waals surface area contributed by atoms with E-state index in [1.807, 2.05) is 0 Å². The SMILES string of the molecule is O=C(O)CCCCCNC(=O)c1ccn(-c2ccccc2[N+](=O)[O-])n1. The standard InChI is InChI=1S/C16H18N4O5/c21-15(22)8-2-1-5-10-17-16(23)12-9-11-19(18-12)13-6-3-4-7-14(13)20(24)25/h3-4,6-7,9,11H,1-2,5,8,10H2,(H,17,23)(H,21,22). The number of aliphatic carboxylic acids is 1. The Labute approximate surface area is 143 Å². The maximum atomic E-state index is 12.0. The van der Waals surface area contributed by atoms with E-state index in [1.165, 1.54) is 23.0 Å². The highest BCUT2D eigenvalue weighted by Crippen LogP contribution is 2.21. The van der Waals surface area contributed by atoms with Gasteiger partial charge in [0.05, 0.1) is 4.92 Å². The lowest BCUT2D eigenvalue weighted by atomic mass is 10.2. The molecular formula is C16H18N4O5. The quantitative estimate of drug-likeness (QED) is 0.407. The Morgan fingerprint density at radius 1 is 1.20 bits per heavy atom. The van der Waals surface area contributed by atoms with Crippen molar-refractivity contribution in [2.24, 2.45) is 0 Å². The van der Waals surface area contributed by atoms with Crippen LogP contribution < -0.4 is 5.32 Å². The molecule has 0 bridgehead atoms. The number of carboxylic acids is 1. The molecule has 0 saturated carbocycles. The highest BCUT2D eigenvalue weighted by molar-refractivity contribution is 5.92. The fraction of sp³-hybridized carbons (Fsp3) is 0.312. The zero-order chi connectivity index (χ0) is 18.2. The Morgan fingerprint density at radius 3 is 2.68 bits per heavy atom. The molecule has 0 aliphatic rings. The van der Waals surface area contributed by atoms with Crippen LogP contribution in [0.25, 0.3) is 5.69 Å². The molecule has 1 heterocycles. The number of nitrogens with zero attached hydrogens (tertiary/aromatic N) is 3. The molecule has 1 aromatic heterocycles. The number of carboxylic acid groups (broad SMARTS) is 1. The van der Waals surface area contributed by atoms with Gasteiger partial charge in [0, 0.05) is 25.2 Å². The first-order chi connectivity index (χ1) is 12.0. The molecule has 25 heavy (non-hydrogen) atoms. The van der Waals surface area contributed by atoms with Crippen molar-refractivity contribution in [3.63, 3.8) is 0 Å².